The molecule has 0 unspecified atom stereocenters. The molecule has 4 nitrogen and oxygen atoms in total. The third-order valence-electron chi connectivity index (χ3n) is 1.01. The minimum Gasteiger partial charge on any atom is -0.388 e. The van der Waals surface area contributed by atoms with E-state index in [-0.39, 0.29) is 5.03 Å². The third kappa shape index (κ3) is 1.17. The molecule has 0 aromatic rings. The molecule has 56 valence electrons. The van der Waals surface area contributed by atoms with Gasteiger partial charge in [-0.25, -0.2) is 0 Å². The van der Waals surface area contributed by atoms with Crippen molar-refractivity contribution in [1.29, 1.82) is 0 Å². The highest BCUT2D eigenvalue weighted by Gasteiger charge is 2.19. The second kappa shape index (κ2) is 2.28. The van der Waals surface area contributed by atoms with Crippen molar-refractivity contribution in [2.75, 3.05) is 5.75 Å². The zero-order valence-corrected chi connectivity index (χ0v) is 6.69. The van der Waals surface area contributed by atoms with Crippen molar-refractivity contribution in [1.82, 2.24) is 0 Å². The van der Waals surface area contributed by atoms with Crippen LogP contribution in [0.2, 0.25) is 0 Å². The van der Waals surface area contributed by atoms with Crippen LogP contribution in [-0.4, -0.2) is 19.9 Å². The van der Waals surface area contributed by atoms with E-state index in [2.05, 4.69) is 17.0 Å². The van der Waals surface area contributed by atoms with Crippen LogP contribution >= 0.6 is 12.6 Å². The van der Waals surface area contributed by atoms with Gasteiger partial charge in [0.1, 0.15) is 0 Å². The van der Waals surface area contributed by atoms with Crippen LogP contribution in [0.5, 0.6) is 0 Å². The summed E-state index contributed by atoms with van der Waals surface area (Å²) in [6.07, 6.45) is 1.31. The average molecular weight is 178 g/mol. The highest BCUT2D eigenvalue weighted by molar-refractivity contribution is 7.94. The molecule has 1 aliphatic heterocycles. The zero-order valence-electron chi connectivity index (χ0n) is 4.98. The van der Waals surface area contributed by atoms with Gasteiger partial charge in [0.05, 0.1) is 5.71 Å². The van der Waals surface area contributed by atoms with Crippen molar-refractivity contribution < 1.29 is 8.42 Å². The summed E-state index contributed by atoms with van der Waals surface area (Å²) in [5, 5.41) is -0.198. The average Bonchev–Trinajstić information content (AvgIpc) is 2.08. The van der Waals surface area contributed by atoms with Crippen molar-refractivity contribution >= 4 is 28.4 Å². The molecule has 2 N–H and O–H groups in total. The molecule has 1 aliphatic rings. The molecule has 1 heterocycles. The second-order valence-corrected chi connectivity index (χ2v) is 3.68. The lowest BCUT2D eigenvalue weighted by Crippen LogP contribution is -2.04. The van der Waals surface area contributed by atoms with E-state index in [0.717, 1.165) is 0 Å². The molecule has 0 saturated heterocycles. The van der Waals surface area contributed by atoms with Crippen molar-refractivity contribution in [2.45, 2.75) is 0 Å². The van der Waals surface area contributed by atoms with Gasteiger partial charge in [-0.3, -0.25) is 0 Å². The van der Waals surface area contributed by atoms with E-state index in [1.54, 1.807) is 0 Å². The summed E-state index contributed by atoms with van der Waals surface area (Å²) in [7, 11) is -3.51. The zero-order chi connectivity index (χ0) is 7.78. The first-order valence-electron chi connectivity index (χ1n) is 2.48. The van der Waals surface area contributed by atoms with Gasteiger partial charge in [-0.2, -0.15) is 25.4 Å². The number of nitrogens with two attached hydrogens (primary N) is 1. The van der Waals surface area contributed by atoms with Gasteiger partial charge in [-0.15, -0.1) is 0 Å². The number of hydrogen-bond donors (Lipinski definition) is 2. The monoisotopic (exact) mass is 178 g/mol. The Morgan fingerprint density at radius 3 is 2.50 bits per heavy atom. The molecule has 10 heavy (non-hydrogen) atoms. The van der Waals surface area contributed by atoms with Crippen LogP contribution in [0.4, 0.5) is 0 Å². The van der Waals surface area contributed by atoms with Gasteiger partial charge in [0, 0.05) is 5.75 Å². The lowest BCUT2D eigenvalue weighted by Gasteiger charge is -1.86. The Hall–Kier alpha value is -0.490. The summed E-state index contributed by atoms with van der Waals surface area (Å²) in [6.45, 7) is 0. The van der Waals surface area contributed by atoms with Gasteiger partial charge >= 0.3 is 0 Å². The quantitative estimate of drug-likeness (QED) is 0.532. The number of rotatable bonds is 1. The molecule has 0 spiro atoms. The van der Waals surface area contributed by atoms with E-state index in [1.807, 2.05) is 0 Å². The molecular formula is C4H6N2O2S2. The SMILES string of the molecule is NC1=CC(CS)=NS1(=O)=O. The number of allylic oxidation sites excluding steroid dienone is 1. The van der Waals surface area contributed by atoms with Crippen molar-refractivity contribution in [3.05, 3.63) is 11.1 Å². The Balaban J connectivity index is 3.12. The minimum absolute atomic E-state index is 0.198. The summed E-state index contributed by atoms with van der Waals surface area (Å²) in [5.74, 6) is 0.292. The first kappa shape index (κ1) is 7.62. The van der Waals surface area contributed by atoms with Gasteiger partial charge in [0.2, 0.25) is 0 Å². The normalized spacial score (nSPS) is 22.1. The number of thiol groups is 1. The molecule has 0 amide bonds. The van der Waals surface area contributed by atoms with Crippen molar-refractivity contribution in [3.8, 4) is 0 Å². The minimum atomic E-state index is -3.51. The van der Waals surface area contributed by atoms with E-state index in [1.165, 1.54) is 6.08 Å². The fourth-order valence-corrected chi connectivity index (χ4v) is 1.62. The van der Waals surface area contributed by atoms with Crippen LogP contribution in [0, 0.1) is 0 Å². The smallest absolute Gasteiger partial charge is 0.297 e. The highest BCUT2D eigenvalue weighted by Crippen LogP contribution is 2.11. The Kier molecular flexibility index (Phi) is 1.74. The van der Waals surface area contributed by atoms with E-state index in [0.29, 0.717) is 11.5 Å². The summed E-state index contributed by atoms with van der Waals surface area (Å²) in [4.78, 5) is 0. The Labute approximate surface area is 64.3 Å². The number of hydrogen-bond acceptors (Lipinski definition) is 4. The number of nitrogens with zero attached hydrogens (tertiary/aromatic N) is 1. The third-order valence-corrected chi connectivity index (χ3v) is 2.52. The Morgan fingerprint density at radius 1 is 1.70 bits per heavy atom. The fraction of sp³-hybridized carbons (Fsp3) is 0.250. The van der Waals surface area contributed by atoms with Crippen LogP contribution in [0.3, 0.4) is 0 Å². The van der Waals surface area contributed by atoms with Gasteiger partial charge in [-0.1, -0.05) is 0 Å². The summed E-state index contributed by atoms with van der Waals surface area (Å²) in [6, 6.07) is 0. The van der Waals surface area contributed by atoms with Gasteiger partial charge in [-0.05, 0) is 6.08 Å². The van der Waals surface area contributed by atoms with Gasteiger partial charge in [0.15, 0.2) is 5.03 Å². The predicted octanol–water partition coefficient (Wildman–Crippen LogP) is -0.499. The Bertz CT molecular complexity index is 301. The second-order valence-electron chi connectivity index (χ2n) is 1.76. The molecule has 0 aromatic heterocycles. The van der Waals surface area contributed by atoms with Crippen molar-refractivity contribution in [3.63, 3.8) is 0 Å². The molecule has 1 rings (SSSR count). The molecule has 0 atom stereocenters. The molecule has 6 heteroatoms. The van der Waals surface area contributed by atoms with Gasteiger partial charge < -0.3 is 5.73 Å². The summed E-state index contributed by atoms with van der Waals surface area (Å²) >= 11 is 3.84. The molecule has 0 bridgehead atoms. The van der Waals surface area contributed by atoms with E-state index >= 15 is 0 Å². The van der Waals surface area contributed by atoms with Crippen molar-refractivity contribution in [2.24, 2.45) is 10.1 Å². The molecule has 0 saturated carbocycles. The summed E-state index contributed by atoms with van der Waals surface area (Å²) < 4.78 is 24.7. The maximum absolute atomic E-state index is 10.7. The molecule has 0 fully saturated rings. The molecule has 0 aromatic carbocycles. The largest absolute Gasteiger partial charge is 0.388 e. The maximum Gasteiger partial charge on any atom is 0.297 e. The van der Waals surface area contributed by atoms with Gasteiger partial charge in [0.25, 0.3) is 10.0 Å². The standard InChI is InChI=1S/C4H6N2O2S2/c5-4-1-3(2-9)6-10(4,7)8/h1,9H,2,5H2. The lowest BCUT2D eigenvalue weighted by atomic mass is 10.4. The molecule has 0 radical (unpaired) electrons. The molecule has 0 aliphatic carbocycles. The van der Waals surface area contributed by atoms with Crippen LogP contribution in [0.15, 0.2) is 15.5 Å². The van der Waals surface area contributed by atoms with Crippen LogP contribution in [-0.2, 0) is 10.0 Å². The van der Waals surface area contributed by atoms with Crippen LogP contribution in [0.1, 0.15) is 0 Å². The summed E-state index contributed by atoms with van der Waals surface area (Å²) in [5.41, 5.74) is 5.49. The maximum atomic E-state index is 10.7. The van der Waals surface area contributed by atoms with E-state index < -0.39 is 10.0 Å². The topological polar surface area (TPSA) is 72.5 Å². The number of sulfonamides is 1. The highest BCUT2D eigenvalue weighted by atomic mass is 32.2. The first-order valence-corrected chi connectivity index (χ1v) is 4.55. The Morgan fingerprint density at radius 2 is 2.30 bits per heavy atom. The lowest BCUT2D eigenvalue weighted by molar-refractivity contribution is 0.604. The van der Waals surface area contributed by atoms with E-state index in [4.69, 9.17) is 5.73 Å². The first-order chi connectivity index (χ1) is 4.56. The fourth-order valence-electron chi connectivity index (χ4n) is 0.547. The van der Waals surface area contributed by atoms with Crippen LogP contribution < -0.4 is 5.73 Å². The van der Waals surface area contributed by atoms with Crippen LogP contribution in [0.25, 0.3) is 0 Å². The molecular weight excluding hydrogens is 172 g/mol. The predicted molar refractivity (Wildman–Crippen MR) is 42.5 cm³/mol. The van der Waals surface area contributed by atoms with E-state index in [9.17, 15) is 8.42 Å².